The van der Waals surface area contributed by atoms with Crippen LogP contribution in [0.4, 0.5) is 0 Å². The zero-order chi connectivity index (χ0) is 13.2. The maximum atomic E-state index is 11.8. The summed E-state index contributed by atoms with van der Waals surface area (Å²) in [6.07, 6.45) is -0.0128. The fourth-order valence-corrected chi connectivity index (χ4v) is 2.47. The van der Waals surface area contributed by atoms with Crippen LogP contribution in [0.3, 0.4) is 0 Å². The number of primary amides is 1. The maximum absolute atomic E-state index is 11.8. The van der Waals surface area contributed by atoms with E-state index in [0.717, 1.165) is 4.31 Å². The van der Waals surface area contributed by atoms with E-state index in [9.17, 15) is 13.2 Å². The first-order chi connectivity index (χ1) is 7.75. The van der Waals surface area contributed by atoms with Crippen molar-refractivity contribution in [1.29, 1.82) is 0 Å². The molecule has 0 saturated carbocycles. The van der Waals surface area contributed by atoms with Gasteiger partial charge >= 0.3 is 0 Å². The third-order valence-electron chi connectivity index (χ3n) is 2.17. The standard InChI is InChI=1S/C10H13ClN2O3S/c1-13(2)17(15,16)8-4-3-7(5-10(12)14)9(11)6-8/h3-4,6H,5H2,1-2H3,(H2,12,14). The van der Waals surface area contributed by atoms with Crippen LogP contribution >= 0.6 is 11.6 Å². The van der Waals surface area contributed by atoms with Crippen LogP contribution < -0.4 is 5.73 Å². The van der Waals surface area contributed by atoms with Gasteiger partial charge in [-0.25, -0.2) is 12.7 Å². The highest BCUT2D eigenvalue weighted by molar-refractivity contribution is 7.89. The minimum Gasteiger partial charge on any atom is -0.369 e. The summed E-state index contributed by atoms with van der Waals surface area (Å²) < 4.78 is 24.7. The predicted molar refractivity (Wildman–Crippen MR) is 65.2 cm³/mol. The first-order valence-corrected chi connectivity index (χ1v) is 6.56. The molecular formula is C10H13ClN2O3S. The Morgan fingerprint density at radius 2 is 2.00 bits per heavy atom. The van der Waals surface area contributed by atoms with Crippen LogP contribution in [-0.2, 0) is 21.2 Å². The molecule has 0 radical (unpaired) electrons. The number of halogens is 1. The smallest absolute Gasteiger partial charge is 0.242 e. The largest absolute Gasteiger partial charge is 0.369 e. The van der Waals surface area contributed by atoms with Crippen LogP contribution in [0.5, 0.6) is 0 Å². The van der Waals surface area contributed by atoms with Crippen molar-refractivity contribution in [2.24, 2.45) is 5.73 Å². The molecule has 17 heavy (non-hydrogen) atoms. The van der Waals surface area contributed by atoms with E-state index in [0.29, 0.717) is 5.56 Å². The number of rotatable bonds is 4. The van der Waals surface area contributed by atoms with E-state index < -0.39 is 15.9 Å². The SMILES string of the molecule is CN(C)S(=O)(=O)c1ccc(CC(N)=O)c(Cl)c1. The van der Waals surface area contributed by atoms with E-state index in [-0.39, 0.29) is 16.3 Å². The molecule has 0 aliphatic heterocycles. The second-order valence-corrected chi connectivity index (χ2v) is 6.24. The first kappa shape index (κ1) is 14.0. The van der Waals surface area contributed by atoms with Crippen molar-refractivity contribution in [1.82, 2.24) is 4.31 Å². The quantitative estimate of drug-likeness (QED) is 0.875. The Kier molecular flexibility index (Phi) is 4.13. The van der Waals surface area contributed by atoms with Crippen molar-refractivity contribution < 1.29 is 13.2 Å². The molecule has 2 N–H and O–H groups in total. The molecule has 0 unspecified atom stereocenters. The molecule has 0 fully saturated rings. The Labute approximate surface area is 105 Å². The molecule has 1 amide bonds. The number of nitrogens with two attached hydrogens (primary N) is 1. The normalized spacial score (nSPS) is 11.8. The monoisotopic (exact) mass is 276 g/mol. The molecule has 1 aromatic rings. The van der Waals surface area contributed by atoms with Crippen molar-refractivity contribution in [3.8, 4) is 0 Å². The zero-order valence-electron chi connectivity index (χ0n) is 9.47. The molecule has 7 heteroatoms. The second-order valence-electron chi connectivity index (χ2n) is 3.68. The lowest BCUT2D eigenvalue weighted by Gasteiger charge is -2.12. The van der Waals surface area contributed by atoms with E-state index >= 15 is 0 Å². The van der Waals surface area contributed by atoms with Crippen molar-refractivity contribution in [3.63, 3.8) is 0 Å². The summed E-state index contributed by atoms with van der Waals surface area (Å²) >= 11 is 5.89. The lowest BCUT2D eigenvalue weighted by molar-refractivity contribution is -0.117. The maximum Gasteiger partial charge on any atom is 0.242 e. The lowest BCUT2D eigenvalue weighted by atomic mass is 10.1. The van der Waals surface area contributed by atoms with E-state index in [1.807, 2.05) is 0 Å². The number of carbonyl (C=O) groups is 1. The third-order valence-corrected chi connectivity index (χ3v) is 4.33. The molecule has 0 saturated heterocycles. The molecule has 94 valence electrons. The molecule has 0 spiro atoms. The van der Waals surface area contributed by atoms with Gasteiger partial charge in [0.05, 0.1) is 11.3 Å². The van der Waals surface area contributed by atoms with Gasteiger partial charge < -0.3 is 5.73 Å². The molecule has 0 aliphatic carbocycles. The average Bonchev–Trinajstić information content (AvgIpc) is 2.20. The predicted octanol–water partition coefficient (Wildman–Crippen LogP) is 0.618. The molecule has 1 rings (SSSR count). The molecular weight excluding hydrogens is 264 g/mol. The molecule has 0 atom stereocenters. The van der Waals surface area contributed by atoms with Gasteiger partial charge in [0.25, 0.3) is 0 Å². The van der Waals surface area contributed by atoms with Gasteiger partial charge in [-0.15, -0.1) is 0 Å². The highest BCUT2D eigenvalue weighted by Gasteiger charge is 2.18. The minimum atomic E-state index is -3.51. The Bertz CT molecular complexity index is 540. The summed E-state index contributed by atoms with van der Waals surface area (Å²) in [7, 11) is -0.650. The van der Waals surface area contributed by atoms with Gasteiger partial charge in [0.15, 0.2) is 0 Å². The summed E-state index contributed by atoms with van der Waals surface area (Å²) in [5, 5.41) is 0.215. The third kappa shape index (κ3) is 3.18. The van der Waals surface area contributed by atoms with Crippen LogP contribution in [-0.4, -0.2) is 32.7 Å². The summed E-state index contributed by atoms with van der Waals surface area (Å²) in [6, 6.07) is 4.21. The van der Waals surface area contributed by atoms with Gasteiger partial charge in [-0.2, -0.15) is 0 Å². The molecule has 0 aromatic heterocycles. The number of amides is 1. The molecule has 0 heterocycles. The van der Waals surface area contributed by atoms with Crippen LogP contribution in [0.15, 0.2) is 23.1 Å². The number of nitrogens with zero attached hydrogens (tertiary/aromatic N) is 1. The Morgan fingerprint density at radius 3 is 2.41 bits per heavy atom. The lowest BCUT2D eigenvalue weighted by Crippen LogP contribution is -2.22. The Balaban J connectivity index is 3.18. The Hall–Kier alpha value is -1.11. The summed E-state index contributed by atoms with van der Waals surface area (Å²) in [4.78, 5) is 10.8. The van der Waals surface area contributed by atoms with Gasteiger partial charge in [-0.1, -0.05) is 17.7 Å². The highest BCUT2D eigenvalue weighted by Crippen LogP contribution is 2.22. The van der Waals surface area contributed by atoms with Crippen LogP contribution in [0.2, 0.25) is 5.02 Å². The molecule has 1 aromatic carbocycles. The van der Waals surface area contributed by atoms with Crippen LogP contribution in [0.25, 0.3) is 0 Å². The molecule has 0 aliphatic rings. The van der Waals surface area contributed by atoms with E-state index in [1.54, 1.807) is 0 Å². The van der Waals surface area contributed by atoms with Crippen molar-refractivity contribution in [2.75, 3.05) is 14.1 Å². The molecule has 5 nitrogen and oxygen atoms in total. The van der Waals surface area contributed by atoms with Gasteiger partial charge in [-0.05, 0) is 17.7 Å². The Morgan fingerprint density at radius 1 is 1.41 bits per heavy atom. The van der Waals surface area contributed by atoms with Crippen LogP contribution in [0.1, 0.15) is 5.56 Å². The first-order valence-electron chi connectivity index (χ1n) is 4.74. The van der Waals surface area contributed by atoms with Crippen molar-refractivity contribution in [3.05, 3.63) is 28.8 Å². The summed E-state index contributed by atoms with van der Waals surface area (Å²) in [5.74, 6) is -0.518. The average molecular weight is 277 g/mol. The van der Waals surface area contributed by atoms with Gasteiger partial charge in [-0.3, -0.25) is 4.79 Å². The second kappa shape index (κ2) is 5.03. The van der Waals surface area contributed by atoms with E-state index in [4.69, 9.17) is 17.3 Å². The van der Waals surface area contributed by atoms with Crippen LogP contribution in [0, 0.1) is 0 Å². The number of carbonyl (C=O) groups excluding carboxylic acids is 1. The number of benzene rings is 1. The minimum absolute atomic E-state index is 0.0128. The highest BCUT2D eigenvalue weighted by atomic mass is 35.5. The topological polar surface area (TPSA) is 80.5 Å². The van der Waals surface area contributed by atoms with Crippen molar-refractivity contribution >= 4 is 27.5 Å². The number of hydrogen-bond donors (Lipinski definition) is 1. The van der Waals surface area contributed by atoms with E-state index in [1.165, 1.54) is 32.3 Å². The summed E-state index contributed by atoms with van der Waals surface area (Å²) in [6.45, 7) is 0. The van der Waals surface area contributed by atoms with Gasteiger partial charge in [0, 0.05) is 19.1 Å². The zero-order valence-corrected chi connectivity index (χ0v) is 11.0. The van der Waals surface area contributed by atoms with Crippen molar-refractivity contribution in [2.45, 2.75) is 11.3 Å². The summed E-state index contributed by atoms with van der Waals surface area (Å²) in [5.41, 5.74) is 5.55. The van der Waals surface area contributed by atoms with Gasteiger partial charge in [0.2, 0.25) is 15.9 Å². The van der Waals surface area contributed by atoms with Gasteiger partial charge in [0.1, 0.15) is 0 Å². The number of hydrogen-bond acceptors (Lipinski definition) is 3. The fraction of sp³-hybridized carbons (Fsp3) is 0.300. The van der Waals surface area contributed by atoms with E-state index in [2.05, 4.69) is 0 Å². The number of sulfonamides is 1. The fourth-order valence-electron chi connectivity index (χ4n) is 1.23. The molecule has 0 bridgehead atoms.